The van der Waals surface area contributed by atoms with Crippen LogP contribution in [0, 0.1) is 0 Å². The lowest BCUT2D eigenvalue weighted by Crippen LogP contribution is -2.41. The first-order valence-electron chi connectivity index (χ1n) is 6.73. The standard InChI is InChI=1S/C12H26N2O2S/c1-3-14(4-2)9-6-8-13-12-7-5-10-17(15,16)11-12/h12-13H,3-11H2,1-2H3. The molecule has 1 heterocycles. The van der Waals surface area contributed by atoms with Crippen LogP contribution in [0.15, 0.2) is 0 Å². The van der Waals surface area contributed by atoms with Crippen molar-refractivity contribution in [2.45, 2.75) is 39.2 Å². The van der Waals surface area contributed by atoms with Gasteiger partial charge in [0.25, 0.3) is 0 Å². The van der Waals surface area contributed by atoms with Crippen LogP contribution >= 0.6 is 0 Å². The minimum atomic E-state index is -2.77. The van der Waals surface area contributed by atoms with Crippen LogP contribution in [0.25, 0.3) is 0 Å². The zero-order valence-electron chi connectivity index (χ0n) is 11.1. The largest absolute Gasteiger partial charge is 0.313 e. The number of nitrogens with zero attached hydrogens (tertiary/aromatic N) is 1. The van der Waals surface area contributed by atoms with E-state index in [2.05, 4.69) is 24.1 Å². The molecule has 17 heavy (non-hydrogen) atoms. The molecule has 0 aromatic rings. The van der Waals surface area contributed by atoms with E-state index in [-0.39, 0.29) is 6.04 Å². The third-order valence-corrected chi connectivity index (χ3v) is 5.26. The van der Waals surface area contributed by atoms with Gasteiger partial charge in [0.05, 0.1) is 11.5 Å². The van der Waals surface area contributed by atoms with Crippen LogP contribution in [0.2, 0.25) is 0 Å². The van der Waals surface area contributed by atoms with Crippen LogP contribution in [0.5, 0.6) is 0 Å². The van der Waals surface area contributed by atoms with Crippen molar-refractivity contribution in [2.75, 3.05) is 37.7 Å². The van der Waals surface area contributed by atoms with Crippen LogP contribution in [0.4, 0.5) is 0 Å². The smallest absolute Gasteiger partial charge is 0.151 e. The molecule has 0 aromatic carbocycles. The van der Waals surface area contributed by atoms with Crippen molar-refractivity contribution in [1.82, 2.24) is 10.2 Å². The second kappa shape index (κ2) is 7.34. The molecule has 5 heteroatoms. The number of nitrogens with one attached hydrogen (secondary N) is 1. The summed E-state index contributed by atoms with van der Waals surface area (Å²) in [4.78, 5) is 2.39. The average Bonchev–Trinajstić information content (AvgIpc) is 2.28. The Morgan fingerprint density at radius 1 is 1.29 bits per heavy atom. The molecule has 1 unspecified atom stereocenters. The normalized spacial score (nSPS) is 24.1. The molecule has 1 N–H and O–H groups in total. The summed E-state index contributed by atoms with van der Waals surface area (Å²) in [5, 5.41) is 3.37. The van der Waals surface area contributed by atoms with Crippen molar-refractivity contribution in [2.24, 2.45) is 0 Å². The summed E-state index contributed by atoms with van der Waals surface area (Å²) in [6.45, 7) is 8.55. The minimum absolute atomic E-state index is 0.186. The predicted molar refractivity (Wildman–Crippen MR) is 72.1 cm³/mol. The van der Waals surface area contributed by atoms with Gasteiger partial charge in [-0.15, -0.1) is 0 Å². The molecule has 0 amide bonds. The van der Waals surface area contributed by atoms with Crippen LogP contribution in [-0.4, -0.2) is 57.0 Å². The van der Waals surface area contributed by atoms with Gasteiger partial charge in [-0.1, -0.05) is 13.8 Å². The van der Waals surface area contributed by atoms with E-state index in [1.165, 1.54) is 0 Å². The summed E-state index contributed by atoms with van der Waals surface area (Å²) in [5.41, 5.74) is 0. The van der Waals surface area contributed by atoms with E-state index in [0.717, 1.165) is 45.4 Å². The van der Waals surface area contributed by atoms with E-state index in [9.17, 15) is 8.42 Å². The molecule has 102 valence electrons. The van der Waals surface area contributed by atoms with Gasteiger partial charge in [-0.2, -0.15) is 0 Å². The Morgan fingerprint density at radius 2 is 2.00 bits per heavy atom. The van der Waals surface area contributed by atoms with E-state index in [1.807, 2.05) is 0 Å². The number of hydrogen-bond acceptors (Lipinski definition) is 4. The molecule has 1 atom stereocenters. The molecule has 1 fully saturated rings. The monoisotopic (exact) mass is 262 g/mol. The fraction of sp³-hybridized carbons (Fsp3) is 1.00. The number of sulfone groups is 1. The molecular weight excluding hydrogens is 236 g/mol. The Bertz CT molecular complexity index is 300. The zero-order valence-corrected chi connectivity index (χ0v) is 11.9. The first-order valence-corrected chi connectivity index (χ1v) is 8.55. The lowest BCUT2D eigenvalue weighted by molar-refractivity contribution is 0.295. The highest BCUT2D eigenvalue weighted by molar-refractivity contribution is 7.91. The molecule has 0 saturated carbocycles. The van der Waals surface area contributed by atoms with Crippen molar-refractivity contribution in [1.29, 1.82) is 0 Å². The van der Waals surface area contributed by atoms with Crippen molar-refractivity contribution in [3.05, 3.63) is 0 Å². The second-order valence-electron chi connectivity index (χ2n) is 4.79. The first-order chi connectivity index (χ1) is 8.07. The highest BCUT2D eigenvalue weighted by Gasteiger charge is 2.23. The summed E-state index contributed by atoms with van der Waals surface area (Å²) in [5.74, 6) is 0.711. The molecule has 1 aliphatic rings. The van der Waals surface area contributed by atoms with Gasteiger partial charge in [-0.3, -0.25) is 0 Å². The predicted octanol–water partition coefficient (Wildman–Crippen LogP) is 0.885. The maximum atomic E-state index is 11.4. The zero-order chi connectivity index (χ0) is 12.7. The summed E-state index contributed by atoms with van der Waals surface area (Å²) in [7, 11) is -2.77. The van der Waals surface area contributed by atoms with Crippen LogP contribution in [0.1, 0.15) is 33.1 Å². The van der Waals surface area contributed by atoms with Crippen molar-refractivity contribution >= 4 is 9.84 Å². The van der Waals surface area contributed by atoms with Crippen LogP contribution in [-0.2, 0) is 9.84 Å². The SMILES string of the molecule is CCN(CC)CCCNC1CCCS(=O)(=O)C1. The van der Waals surface area contributed by atoms with Gasteiger partial charge < -0.3 is 10.2 Å². The third-order valence-electron chi connectivity index (χ3n) is 3.44. The summed E-state index contributed by atoms with van der Waals surface area (Å²) < 4.78 is 22.9. The molecule has 1 saturated heterocycles. The van der Waals surface area contributed by atoms with Gasteiger partial charge in [0.15, 0.2) is 9.84 Å². The van der Waals surface area contributed by atoms with Gasteiger partial charge in [-0.25, -0.2) is 8.42 Å². The summed E-state index contributed by atoms with van der Waals surface area (Å²) in [6, 6.07) is 0.186. The minimum Gasteiger partial charge on any atom is -0.313 e. The van der Waals surface area contributed by atoms with E-state index < -0.39 is 9.84 Å². The topological polar surface area (TPSA) is 49.4 Å². The fourth-order valence-corrected chi connectivity index (χ4v) is 4.00. The van der Waals surface area contributed by atoms with E-state index in [4.69, 9.17) is 0 Å². The van der Waals surface area contributed by atoms with Gasteiger partial charge in [0, 0.05) is 6.04 Å². The van der Waals surface area contributed by atoms with Crippen molar-refractivity contribution < 1.29 is 8.42 Å². The molecule has 1 aliphatic heterocycles. The number of rotatable bonds is 7. The molecule has 1 rings (SSSR count). The maximum absolute atomic E-state index is 11.4. The lowest BCUT2D eigenvalue weighted by Gasteiger charge is -2.24. The summed E-state index contributed by atoms with van der Waals surface area (Å²) >= 11 is 0. The Kier molecular flexibility index (Phi) is 6.44. The molecule has 0 bridgehead atoms. The van der Waals surface area contributed by atoms with Gasteiger partial charge in [0.2, 0.25) is 0 Å². The van der Waals surface area contributed by atoms with Gasteiger partial charge in [0.1, 0.15) is 0 Å². The van der Waals surface area contributed by atoms with Gasteiger partial charge in [-0.05, 0) is 45.4 Å². The van der Waals surface area contributed by atoms with Crippen LogP contribution < -0.4 is 5.32 Å². The summed E-state index contributed by atoms with van der Waals surface area (Å²) in [6.07, 6.45) is 2.92. The molecule has 0 aromatic heterocycles. The second-order valence-corrected chi connectivity index (χ2v) is 7.02. The lowest BCUT2D eigenvalue weighted by atomic mass is 10.2. The Labute approximate surface area is 106 Å². The van der Waals surface area contributed by atoms with Crippen molar-refractivity contribution in [3.63, 3.8) is 0 Å². The van der Waals surface area contributed by atoms with Crippen LogP contribution in [0.3, 0.4) is 0 Å². The Hall–Kier alpha value is -0.130. The van der Waals surface area contributed by atoms with E-state index in [1.54, 1.807) is 0 Å². The third kappa shape index (κ3) is 5.84. The maximum Gasteiger partial charge on any atom is 0.151 e. The molecule has 0 spiro atoms. The molecule has 4 nitrogen and oxygen atoms in total. The molecule has 0 aliphatic carbocycles. The quantitative estimate of drug-likeness (QED) is 0.692. The van der Waals surface area contributed by atoms with E-state index in [0.29, 0.717) is 11.5 Å². The first kappa shape index (κ1) is 14.9. The number of hydrogen-bond donors (Lipinski definition) is 1. The molecular formula is C12H26N2O2S. The van der Waals surface area contributed by atoms with Gasteiger partial charge >= 0.3 is 0 Å². The van der Waals surface area contributed by atoms with Crippen molar-refractivity contribution in [3.8, 4) is 0 Å². The fourth-order valence-electron chi connectivity index (χ4n) is 2.33. The highest BCUT2D eigenvalue weighted by atomic mass is 32.2. The molecule has 0 radical (unpaired) electrons. The Balaban J connectivity index is 2.14. The Morgan fingerprint density at radius 3 is 2.59 bits per heavy atom. The van der Waals surface area contributed by atoms with E-state index >= 15 is 0 Å². The average molecular weight is 262 g/mol. The highest BCUT2D eigenvalue weighted by Crippen LogP contribution is 2.11.